The van der Waals surface area contributed by atoms with Crippen LogP contribution in [0.5, 0.6) is 0 Å². The maximum Gasteiger partial charge on any atom is 0.0679 e. The SMILES string of the molecule is CC1CCC(CC2(C)CCO2)C1. The zero-order valence-corrected chi connectivity index (χ0v) is 8.31. The fourth-order valence-electron chi connectivity index (χ4n) is 2.73. The van der Waals surface area contributed by atoms with Gasteiger partial charge in [-0.3, -0.25) is 0 Å². The predicted molar refractivity (Wildman–Crippen MR) is 50.1 cm³/mol. The summed E-state index contributed by atoms with van der Waals surface area (Å²) in [4.78, 5) is 0. The third-order valence-electron chi connectivity index (χ3n) is 3.61. The van der Waals surface area contributed by atoms with Gasteiger partial charge in [0.2, 0.25) is 0 Å². The lowest BCUT2D eigenvalue weighted by Gasteiger charge is -2.40. The zero-order chi connectivity index (χ0) is 8.60. The van der Waals surface area contributed by atoms with Gasteiger partial charge in [0.15, 0.2) is 0 Å². The van der Waals surface area contributed by atoms with Crippen LogP contribution < -0.4 is 0 Å². The molecule has 70 valence electrons. The van der Waals surface area contributed by atoms with Gasteiger partial charge >= 0.3 is 0 Å². The van der Waals surface area contributed by atoms with Crippen molar-refractivity contribution in [2.75, 3.05) is 6.61 Å². The van der Waals surface area contributed by atoms with Gasteiger partial charge in [-0.05, 0) is 38.0 Å². The van der Waals surface area contributed by atoms with Gasteiger partial charge in [0.1, 0.15) is 0 Å². The van der Waals surface area contributed by atoms with E-state index in [1.165, 1.54) is 32.1 Å². The molecule has 1 heterocycles. The van der Waals surface area contributed by atoms with Crippen molar-refractivity contribution in [2.24, 2.45) is 11.8 Å². The van der Waals surface area contributed by atoms with Crippen molar-refractivity contribution in [1.29, 1.82) is 0 Å². The largest absolute Gasteiger partial charge is 0.375 e. The van der Waals surface area contributed by atoms with Crippen molar-refractivity contribution in [3.05, 3.63) is 0 Å². The smallest absolute Gasteiger partial charge is 0.0679 e. The first kappa shape index (κ1) is 8.55. The second kappa shape index (κ2) is 3.02. The molecular formula is C11H20O. The molecule has 2 fully saturated rings. The first-order valence-electron chi connectivity index (χ1n) is 5.32. The predicted octanol–water partition coefficient (Wildman–Crippen LogP) is 2.99. The minimum atomic E-state index is 0.273. The summed E-state index contributed by atoms with van der Waals surface area (Å²) >= 11 is 0. The lowest BCUT2D eigenvalue weighted by atomic mass is 9.85. The molecule has 1 saturated carbocycles. The van der Waals surface area contributed by atoms with Crippen molar-refractivity contribution < 1.29 is 4.74 Å². The van der Waals surface area contributed by atoms with E-state index in [-0.39, 0.29) is 5.60 Å². The molecule has 0 spiro atoms. The van der Waals surface area contributed by atoms with Gasteiger partial charge in [-0.2, -0.15) is 0 Å². The van der Waals surface area contributed by atoms with Gasteiger partial charge in [0.25, 0.3) is 0 Å². The average Bonchev–Trinajstić information content (AvgIpc) is 2.32. The molecule has 2 rings (SSSR count). The highest BCUT2D eigenvalue weighted by Gasteiger charge is 2.37. The molecule has 0 aromatic carbocycles. The van der Waals surface area contributed by atoms with Crippen LogP contribution >= 0.6 is 0 Å². The van der Waals surface area contributed by atoms with Crippen LogP contribution in [0.3, 0.4) is 0 Å². The molecule has 1 aliphatic heterocycles. The molecule has 0 radical (unpaired) electrons. The normalized spacial score (nSPS) is 47.5. The molecule has 1 nitrogen and oxygen atoms in total. The van der Waals surface area contributed by atoms with E-state index in [9.17, 15) is 0 Å². The summed E-state index contributed by atoms with van der Waals surface area (Å²) in [6, 6.07) is 0. The molecule has 1 heteroatoms. The summed E-state index contributed by atoms with van der Waals surface area (Å²) in [5, 5.41) is 0. The van der Waals surface area contributed by atoms with Crippen LogP contribution in [0.4, 0.5) is 0 Å². The van der Waals surface area contributed by atoms with E-state index in [0.29, 0.717) is 0 Å². The van der Waals surface area contributed by atoms with Crippen LogP contribution in [0.15, 0.2) is 0 Å². The number of hydrogen-bond acceptors (Lipinski definition) is 1. The van der Waals surface area contributed by atoms with E-state index in [1.54, 1.807) is 0 Å². The van der Waals surface area contributed by atoms with Crippen molar-refractivity contribution in [2.45, 2.75) is 51.6 Å². The van der Waals surface area contributed by atoms with Crippen LogP contribution in [0.2, 0.25) is 0 Å². The quantitative estimate of drug-likeness (QED) is 0.616. The Kier molecular flexibility index (Phi) is 2.16. The minimum absolute atomic E-state index is 0.273. The number of hydrogen-bond donors (Lipinski definition) is 0. The Morgan fingerprint density at radius 1 is 1.42 bits per heavy atom. The van der Waals surface area contributed by atoms with Crippen molar-refractivity contribution >= 4 is 0 Å². The fraction of sp³-hybridized carbons (Fsp3) is 1.00. The Morgan fingerprint density at radius 2 is 2.17 bits per heavy atom. The third kappa shape index (κ3) is 1.66. The summed E-state index contributed by atoms with van der Waals surface area (Å²) < 4.78 is 5.62. The first-order valence-corrected chi connectivity index (χ1v) is 5.32. The van der Waals surface area contributed by atoms with Gasteiger partial charge in [-0.25, -0.2) is 0 Å². The monoisotopic (exact) mass is 168 g/mol. The van der Waals surface area contributed by atoms with Crippen LogP contribution in [-0.4, -0.2) is 12.2 Å². The zero-order valence-electron chi connectivity index (χ0n) is 8.31. The highest BCUT2D eigenvalue weighted by molar-refractivity contribution is 4.87. The first-order chi connectivity index (χ1) is 5.68. The van der Waals surface area contributed by atoms with Crippen molar-refractivity contribution in [3.63, 3.8) is 0 Å². The molecule has 0 N–H and O–H groups in total. The summed E-state index contributed by atoms with van der Waals surface area (Å²) in [6.45, 7) is 5.65. The molecule has 0 bridgehead atoms. The lowest BCUT2D eigenvalue weighted by Crippen LogP contribution is -2.41. The fourth-order valence-corrected chi connectivity index (χ4v) is 2.73. The van der Waals surface area contributed by atoms with E-state index < -0.39 is 0 Å². The summed E-state index contributed by atoms with van der Waals surface area (Å²) in [5.74, 6) is 1.93. The van der Waals surface area contributed by atoms with Gasteiger partial charge in [0.05, 0.1) is 12.2 Å². The molecule has 0 aromatic heterocycles. The third-order valence-corrected chi connectivity index (χ3v) is 3.61. The highest BCUT2D eigenvalue weighted by atomic mass is 16.5. The van der Waals surface area contributed by atoms with E-state index in [1.807, 2.05) is 0 Å². The molecule has 0 aromatic rings. The maximum atomic E-state index is 5.62. The number of rotatable bonds is 2. The second-order valence-corrected chi connectivity index (χ2v) is 5.04. The van der Waals surface area contributed by atoms with Gasteiger partial charge < -0.3 is 4.74 Å². The van der Waals surface area contributed by atoms with E-state index in [0.717, 1.165) is 18.4 Å². The molecular weight excluding hydrogens is 148 g/mol. The van der Waals surface area contributed by atoms with Gasteiger partial charge in [0, 0.05) is 0 Å². The molecule has 3 atom stereocenters. The molecule has 2 aliphatic rings. The topological polar surface area (TPSA) is 9.23 Å². The highest BCUT2D eigenvalue weighted by Crippen LogP contribution is 2.40. The van der Waals surface area contributed by atoms with E-state index in [2.05, 4.69) is 13.8 Å². The molecule has 1 aliphatic carbocycles. The molecule has 12 heavy (non-hydrogen) atoms. The van der Waals surface area contributed by atoms with Crippen LogP contribution in [-0.2, 0) is 4.74 Å². The Morgan fingerprint density at radius 3 is 2.58 bits per heavy atom. The van der Waals surface area contributed by atoms with Crippen molar-refractivity contribution in [1.82, 2.24) is 0 Å². The Hall–Kier alpha value is -0.0400. The van der Waals surface area contributed by atoms with Gasteiger partial charge in [-0.15, -0.1) is 0 Å². The Labute approximate surface area is 75.5 Å². The summed E-state index contributed by atoms with van der Waals surface area (Å²) in [7, 11) is 0. The summed E-state index contributed by atoms with van der Waals surface area (Å²) in [5.41, 5.74) is 0.273. The lowest BCUT2D eigenvalue weighted by molar-refractivity contribution is -0.145. The molecule has 1 saturated heterocycles. The maximum absolute atomic E-state index is 5.62. The number of ether oxygens (including phenoxy) is 1. The summed E-state index contributed by atoms with van der Waals surface area (Å²) in [6.07, 6.45) is 6.94. The average molecular weight is 168 g/mol. The Bertz CT molecular complexity index is 160. The van der Waals surface area contributed by atoms with Crippen molar-refractivity contribution in [3.8, 4) is 0 Å². The van der Waals surface area contributed by atoms with E-state index >= 15 is 0 Å². The molecule has 0 amide bonds. The second-order valence-electron chi connectivity index (χ2n) is 5.04. The minimum Gasteiger partial charge on any atom is -0.375 e. The van der Waals surface area contributed by atoms with E-state index in [4.69, 9.17) is 4.74 Å². The molecule has 3 unspecified atom stereocenters. The van der Waals surface area contributed by atoms with Crippen LogP contribution in [0, 0.1) is 11.8 Å². The Balaban J connectivity index is 1.79. The van der Waals surface area contributed by atoms with Gasteiger partial charge in [-0.1, -0.05) is 19.8 Å². The standard InChI is InChI=1S/C11H20O/c1-9-3-4-10(7-9)8-11(2)5-6-12-11/h9-10H,3-8H2,1-2H3. The van der Waals surface area contributed by atoms with Crippen LogP contribution in [0.25, 0.3) is 0 Å². The van der Waals surface area contributed by atoms with Crippen LogP contribution in [0.1, 0.15) is 46.0 Å².